The first-order valence-corrected chi connectivity index (χ1v) is 11.9. The largest absolute Gasteiger partial charge is 0.452 e. The average molecular weight is 524 g/mol. The third-order valence-corrected chi connectivity index (χ3v) is 7.56. The summed E-state index contributed by atoms with van der Waals surface area (Å²) in [5.74, 6) is -2.84. The molecule has 0 radical (unpaired) electrons. The summed E-state index contributed by atoms with van der Waals surface area (Å²) >= 11 is 18.5. The number of carbonyl (C=O) groups excluding carboxylic acids is 4. The molecule has 10 heteroatoms. The molecule has 1 saturated carbocycles. The van der Waals surface area contributed by atoms with Crippen LogP contribution in [-0.4, -0.2) is 41.1 Å². The van der Waals surface area contributed by atoms with Crippen molar-refractivity contribution in [2.75, 3.05) is 16.8 Å². The van der Waals surface area contributed by atoms with E-state index in [1.807, 2.05) is 6.92 Å². The van der Waals surface area contributed by atoms with Crippen molar-refractivity contribution in [3.8, 4) is 0 Å². The van der Waals surface area contributed by atoms with Crippen LogP contribution in [0.5, 0.6) is 0 Å². The van der Waals surface area contributed by atoms with Gasteiger partial charge in [0.2, 0.25) is 11.8 Å². The summed E-state index contributed by atoms with van der Waals surface area (Å²) in [6.45, 7) is 1.35. The van der Waals surface area contributed by atoms with E-state index in [1.54, 1.807) is 18.2 Å². The van der Waals surface area contributed by atoms with Crippen LogP contribution in [0.1, 0.15) is 28.8 Å². The van der Waals surface area contributed by atoms with Gasteiger partial charge in [-0.15, -0.1) is 23.2 Å². The molecule has 2 fully saturated rings. The Hall–Kier alpha value is -2.61. The monoisotopic (exact) mass is 522 g/mol. The van der Waals surface area contributed by atoms with E-state index >= 15 is 0 Å². The van der Waals surface area contributed by atoms with E-state index in [2.05, 4.69) is 5.32 Å². The van der Waals surface area contributed by atoms with Crippen LogP contribution in [0.25, 0.3) is 0 Å². The van der Waals surface area contributed by atoms with Crippen LogP contribution in [0.4, 0.5) is 11.4 Å². The quantitative estimate of drug-likeness (QED) is 0.352. The van der Waals surface area contributed by atoms with Gasteiger partial charge >= 0.3 is 5.97 Å². The van der Waals surface area contributed by atoms with Gasteiger partial charge in [0, 0.05) is 10.7 Å². The molecule has 1 heterocycles. The van der Waals surface area contributed by atoms with Crippen molar-refractivity contribution in [2.45, 2.75) is 30.5 Å². The van der Waals surface area contributed by atoms with Gasteiger partial charge in [0.1, 0.15) is 0 Å². The standard InChI is InChI=1S/C24H21Cl3N2O5/c1-12-2-5-14(8-18(12)25)28-21(30)11-34-24(33)13-3-6-15(7-4-13)29-22(31)16-9-19(26)20(27)10-17(16)23(29)32/h2-8,16-17,19-20H,9-11H2,1H3,(H,28,30)/t16-,17+,19-,20-/m0/s1. The van der Waals surface area contributed by atoms with Crippen LogP contribution in [0.3, 0.4) is 0 Å². The van der Waals surface area contributed by atoms with Gasteiger partial charge in [-0.25, -0.2) is 4.79 Å². The second-order valence-corrected chi connectivity index (χ2v) is 9.89. The Morgan fingerprint density at radius 1 is 1.00 bits per heavy atom. The first kappa shape index (κ1) is 24.5. The second kappa shape index (κ2) is 9.94. The summed E-state index contributed by atoms with van der Waals surface area (Å²) in [6.07, 6.45) is 0.700. The average Bonchev–Trinajstić information content (AvgIpc) is 3.04. The number of amides is 3. The molecule has 34 heavy (non-hydrogen) atoms. The minimum Gasteiger partial charge on any atom is -0.452 e. The summed E-state index contributed by atoms with van der Waals surface area (Å²) in [6, 6.07) is 10.9. The number of nitrogens with zero attached hydrogens (tertiary/aromatic N) is 1. The fourth-order valence-corrected chi connectivity index (χ4v) is 4.95. The smallest absolute Gasteiger partial charge is 0.338 e. The van der Waals surface area contributed by atoms with Gasteiger partial charge in [-0.05, 0) is 61.7 Å². The van der Waals surface area contributed by atoms with Crippen molar-refractivity contribution < 1.29 is 23.9 Å². The number of carbonyl (C=O) groups is 4. The van der Waals surface area contributed by atoms with Crippen LogP contribution in [-0.2, 0) is 19.1 Å². The Morgan fingerprint density at radius 2 is 1.59 bits per heavy atom. The molecule has 178 valence electrons. The summed E-state index contributed by atoms with van der Waals surface area (Å²) in [5.41, 5.74) is 1.89. The maximum Gasteiger partial charge on any atom is 0.338 e. The Labute approximate surface area is 211 Å². The lowest BCUT2D eigenvalue weighted by Gasteiger charge is -2.28. The van der Waals surface area contributed by atoms with Gasteiger partial charge in [-0.3, -0.25) is 19.3 Å². The van der Waals surface area contributed by atoms with Crippen LogP contribution in [0.2, 0.25) is 5.02 Å². The number of imide groups is 1. The molecule has 0 spiro atoms. The summed E-state index contributed by atoms with van der Waals surface area (Å²) in [5, 5.41) is 2.38. The van der Waals surface area contributed by atoms with Crippen molar-refractivity contribution in [2.24, 2.45) is 11.8 Å². The summed E-state index contributed by atoms with van der Waals surface area (Å²) < 4.78 is 5.06. The molecule has 0 bridgehead atoms. The number of benzene rings is 2. The number of esters is 1. The van der Waals surface area contributed by atoms with Gasteiger partial charge in [0.15, 0.2) is 6.61 Å². The molecule has 4 atom stereocenters. The molecule has 1 saturated heterocycles. The molecule has 3 amide bonds. The van der Waals surface area contributed by atoms with Crippen molar-refractivity contribution >= 4 is 69.9 Å². The molecule has 1 N–H and O–H groups in total. The lowest BCUT2D eigenvalue weighted by Crippen LogP contribution is -2.34. The molecule has 2 aromatic rings. The molecule has 1 aliphatic heterocycles. The molecule has 2 aliphatic rings. The van der Waals surface area contributed by atoms with Crippen molar-refractivity contribution in [1.29, 1.82) is 0 Å². The number of hydrogen-bond acceptors (Lipinski definition) is 5. The number of alkyl halides is 2. The van der Waals surface area contributed by atoms with Crippen molar-refractivity contribution in [3.05, 3.63) is 58.6 Å². The third kappa shape index (κ3) is 4.92. The fraction of sp³-hybridized carbons (Fsp3) is 0.333. The number of nitrogens with one attached hydrogen (secondary N) is 1. The van der Waals surface area contributed by atoms with E-state index < -0.39 is 30.3 Å². The molecule has 7 nitrogen and oxygen atoms in total. The summed E-state index contributed by atoms with van der Waals surface area (Å²) in [7, 11) is 0. The first-order valence-electron chi connectivity index (χ1n) is 10.6. The first-order chi connectivity index (χ1) is 16.2. The Bertz CT molecular complexity index is 1130. The van der Waals surface area contributed by atoms with Gasteiger partial charge in [0.05, 0.1) is 33.8 Å². The third-order valence-electron chi connectivity index (χ3n) is 6.06. The SMILES string of the molecule is Cc1ccc(NC(=O)COC(=O)c2ccc(N3C(=O)[C@H]4C[C@H](Cl)[C@@H](Cl)C[C@H]4C3=O)cc2)cc1Cl. The Morgan fingerprint density at radius 3 is 2.15 bits per heavy atom. The molecule has 4 rings (SSSR count). The number of aryl methyl sites for hydroxylation is 1. The highest BCUT2D eigenvalue weighted by atomic mass is 35.5. The Kier molecular flexibility index (Phi) is 7.17. The Balaban J connectivity index is 1.36. The maximum atomic E-state index is 12.8. The van der Waals surface area contributed by atoms with Crippen LogP contribution >= 0.6 is 34.8 Å². The zero-order chi connectivity index (χ0) is 24.6. The second-order valence-electron chi connectivity index (χ2n) is 8.36. The van der Waals surface area contributed by atoms with E-state index in [0.29, 0.717) is 29.2 Å². The van der Waals surface area contributed by atoms with Gasteiger partial charge in [-0.2, -0.15) is 0 Å². The number of hydrogen-bond donors (Lipinski definition) is 1. The van der Waals surface area contributed by atoms with Crippen LogP contribution < -0.4 is 10.2 Å². The minimum absolute atomic E-state index is 0.174. The lowest BCUT2D eigenvalue weighted by atomic mass is 9.80. The molecular weight excluding hydrogens is 503 g/mol. The highest BCUT2D eigenvalue weighted by Gasteiger charge is 2.52. The molecule has 0 aromatic heterocycles. The van der Waals surface area contributed by atoms with E-state index in [1.165, 1.54) is 24.3 Å². The fourth-order valence-electron chi connectivity index (χ4n) is 4.18. The molecule has 1 aliphatic carbocycles. The topological polar surface area (TPSA) is 92.8 Å². The van der Waals surface area contributed by atoms with Crippen LogP contribution in [0, 0.1) is 18.8 Å². The van der Waals surface area contributed by atoms with E-state index in [0.717, 1.165) is 10.5 Å². The highest BCUT2D eigenvalue weighted by molar-refractivity contribution is 6.32. The number of anilines is 2. The summed E-state index contributed by atoms with van der Waals surface area (Å²) in [4.78, 5) is 51.2. The van der Waals surface area contributed by atoms with E-state index in [-0.39, 0.29) is 28.1 Å². The van der Waals surface area contributed by atoms with Crippen molar-refractivity contribution in [1.82, 2.24) is 0 Å². The number of fused-ring (bicyclic) bond motifs is 1. The number of rotatable bonds is 5. The van der Waals surface area contributed by atoms with E-state index in [4.69, 9.17) is 39.5 Å². The predicted octanol–water partition coefficient (Wildman–Crippen LogP) is 4.56. The van der Waals surface area contributed by atoms with E-state index in [9.17, 15) is 19.2 Å². The zero-order valence-corrected chi connectivity index (χ0v) is 20.4. The predicted molar refractivity (Wildman–Crippen MR) is 130 cm³/mol. The highest BCUT2D eigenvalue weighted by Crippen LogP contribution is 2.43. The van der Waals surface area contributed by atoms with Crippen molar-refractivity contribution in [3.63, 3.8) is 0 Å². The molecular formula is C24H21Cl3N2O5. The van der Waals surface area contributed by atoms with Gasteiger partial charge in [0.25, 0.3) is 5.91 Å². The number of halogens is 3. The maximum absolute atomic E-state index is 12.8. The van der Waals surface area contributed by atoms with Gasteiger partial charge in [-0.1, -0.05) is 17.7 Å². The molecule has 0 unspecified atom stereocenters. The van der Waals surface area contributed by atoms with Crippen LogP contribution in [0.15, 0.2) is 42.5 Å². The lowest BCUT2D eigenvalue weighted by molar-refractivity contribution is -0.122. The minimum atomic E-state index is -0.716. The zero-order valence-electron chi connectivity index (χ0n) is 18.1. The molecule has 2 aromatic carbocycles. The van der Waals surface area contributed by atoms with Gasteiger partial charge < -0.3 is 10.1 Å². The normalized spacial score (nSPS) is 24.1. The number of ether oxygens (including phenoxy) is 1.